The summed E-state index contributed by atoms with van der Waals surface area (Å²) in [4.78, 5) is 55.8. The molecule has 4 aromatic rings. The molecule has 0 bridgehead atoms. The van der Waals surface area contributed by atoms with Crippen LogP contribution in [0.1, 0.15) is 75.9 Å². The Bertz CT molecular complexity index is 1840. The number of amides is 2. The number of ether oxygens (including phenoxy) is 1. The number of pyridine rings is 1. The summed E-state index contributed by atoms with van der Waals surface area (Å²) in [5, 5.41) is 0. The maximum Gasteiger partial charge on any atom is 0.410 e. The summed E-state index contributed by atoms with van der Waals surface area (Å²) in [6.45, 7) is 7.03. The topological polar surface area (TPSA) is 130 Å². The van der Waals surface area contributed by atoms with Crippen molar-refractivity contribution in [3.63, 3.8) is 0 Å². The summed E-state index contributed by atoms with van der Waals surface area (Å²) in [5.41, 5.74) is 6.20. The van der Waals surface area contributed by atoms with E-state index in [0.717, 1.165) is 83.7 Å². The third-order valence-corrected chi connectivity index (χ3v) is 9.06. The normalized spacial score (nSPS) is 19.4. The molecule has 3 aromatic heterocycles. The summed E-state index contributed by atoms with van der Waals surface area (Å²) in [7, 11) is 0. The molecule has 0 unspecified atom stereocenters. The van der Waals surface area contributed by atoms with Gasteiger partial charge in [-0.1, -0.05) is 30.3 Å². The van der Waals surface area contributed by atoms with E-state index in [1.165, 1.54) is 0 Å². The number of carbonyl (C=O) groups excluding carboxylic acids is 2. The molecule has 6 heterocycles. The molecule has 11 heteroatoms. The van der Waals surface area contributed by atoms with Crippen LogP contribution < -0.4 is 0 Å². The molecular formula is C37H40N8O3. The molecule has 3 aliphatic heterocycles. The predicted octanol–water partition coefficient (Wildman–Crippen LogP) is 6.42. The first-order valence-electron chi connectivity index (χ1n) is 16.6. The highest BCUT2D eigenvalue weighted by molar-refractivity contribution is 6.03. The average molecular weight is 645 g/mol. The molecule has 2 atom stereocenters. The van der Waals surface area contributed by atoms with Crippen LogP contribution in [0.4, 0.5) is 4.79 Å². The molecule has 7 rings (SSSR count). The van der Waals surface area contributed by atoms with Gasteiger partial charge in [-0.25, -0.2) is 19.7 Å². The van der Waals surface area contributed by atoms with Crippen molar-refractivity contribution in [2.75, 3.05) is 13.1 Å². The van der Waals surface area contributed by atoms with Gasteiger partial charge in [0.2, 0.25) is 5.91 Å². The van der Waals surface area contributed by atoms with Crippen LogP contribution in [0.25, 0.3) is 28.2 Å². The zero-order chi connectivity index (χ0) is 33.3. The van der Waals surface area contributed by atoms with Crippen LogP contribution in [0, 0.1) is 0 Å². The second-order valence-corrected chi connectivity index (χ2v) is 13.6. The number of allylic oxidation sites excluding steroid dienone is 1. The molecule has 48 heavy (non-hydrogen) atoms. The molecule has 1 N–H and O–H groups in total. The van der Waals surface area contributed by atoms with Gasteiger partial charge in [0, 0.05) is 67.3 Å². The second-order valence-electron chi connectivity index (χ2n) is 13.6. The van der Waals surface area contributed by atoms with Crippen LogP contribution in [0.2, 0.25) is 0 Å². The van der Waals surface area contributed by atoms with E-state index in [0.29, 0.717) is 18.8 Å². The highest BCUT2D eigenvalue weighted by Crippen LogP contribution is 2.34. The number of aromatic nitrogens is 5. The lowest BCUT2D eigenvalue weighted by molar-refractivity contribution is -0.130. The minimum Gasteiger partial charge on any atom is -0.444 e. The van der Waals surface area contributed by atoms with Gasteiger partial charge in [0.1, 0.15) is 11.4 Å². The summed E-state index contributed by atoms with van der Waals surface area (Å²) < 4.78 is 5.61. The number of aromatic amines is 1. The Balaban J connectivity index is 0.964. The Hall–Kier alpha value is -5.19. The van der Waals surface area contributed by atoms with Crippen molar-refractivity contribution in [1.29, 1.82) is 0 Å². The number of H-pyrrole nitrogens is 1. The number of rotatable bonds is 7. The average Bonchev–Trinajstić information content (AvgIpc) is 3.91. The van der Waals surface area contributed by atoms with Gasteiger partial charge in [-0.05, 0) is 69.2 Å². The van der Waals surface area contributed by atoms with E-state index in [9.17, 15) is 9.59 Å². The summed E-state index contributed by atoms with van der Waals surface area (Å²) in [5.74, 6) is 1.49. The fraction of sp³-hybridized carbons (Fsp3) is 0.378. The van der Waals surface area contributed by atoms with E-state index in [-0.39, 0.29) is 24.1 Å². The molecule has 11 nitrogen and oxygen atoms in total. The van der Waals surface area contributed by atoms with E-state index in [2.05, 4.69) is 37.1 Å². The van der Waals surface area contributed by atoms with E-state index in [1.807, 2.05) is 56.1 Å². The Kier molecular flexibility index (Phi) is 8.60. The number of benzene rings is 1. The van der Waals surface area contributed by atoms with Crippen molar-refractivity contribution >= 4 is 23.3 Å². The summed E-state index contributed by atoms with van der Waals surface area (Å²) in [6.07, 6.45) is 15.2. The van der Waals surface area contributed by atoms with Gasteiger partial charge in [0.25, 0.3) is 0 Å². The molecule has 3 aliphatic rings. The summed E-state index contributed by atoms with van der Waals surface area (Å²) in [6, 6.07) is 11.9. The number of hydrogen-bond acceptors (Lipinski definition) is 8. The monoisotopic (exact) mass is 644 g/mol. The van der Waals surface area contributed by atoms with Gasteiger partial charge in [0.05, 0.1) is 30.4 Å². The maximum atomic E-state index is 13.1. The van der Waals surface area contributed by atoms with E-state index in [4.69, 9.17) is 9.73 Å². The highest BCUT2D eigenvalue weighted by Gasteiger charge is 2.35. The van der Waals surface area contributed by atoms with E-state index >= 15 is 0 Å². The fourth-order valence-electron chi connectivity index (χ4n) is 6.71. The molecule has 0 radical (unpaired) electrons. The Labute approximate surface area is 280 Å². The number of carbonyl (C=O) groups is 2. The van der Waals surface area contributed by atoms with Gasteiger partial charge >= 0.3 is 6.09 Å². The quantitative estimate of drug-likeness (QED) is 0.246. The van der Waals surface area contributed by atoms with Gasteiger partial charge in [0.15, 0.2) is 5.82 Å². The van der Waals surface area contributed by atoms with E-state index < -0.39 is 5.60 Å². The van der Waals surface area contributed by atoms with Crippen LogP contribution in [-0.4, -0.2) is 77.2 Å². The van der Waals surface area contributed by atoms with Crippen LogP contribution in [0.15, 0.2) is 78.6 Å². The highest BCUT2D eigenvalue weighted by atomic mass is 16.6. The van der Waals surface area contributed by atoms with Crippen LogP contribution in [0.3, 0.4) is 0 Å². The number of nitrogens with zero attached hydrogens (tertiary/aromatic N) is 7. The van der Waals surface area contributed by atoms with Crippen molar-refractivity contribution in [2.24, 2.45) is 4.99 Å². The first kappa shape index (κ1) is 31.4. The zero-order valence-corrected chi connectivity index (χ0v) is 27.6. The smallest absolute Gasteiger partial charge is 0.410 e. The molecule has 0 aliphatic carbocycles. The van der Waals surface area contributed by atoms with Gasteiger partial charge in [-0.15, -0.1) is 0 Å². The molecule has 2 saturated heterocycles. The minimum atomic E-state index is -0.550. The lowest BCUT2D eigenvalue weighted by Crippen LogP contribution is -2.41. The zero-order valence-electron chi connectivity index (χ0n) is 27.6. The molecular weight excluding hydrogens is 604 g/mol. The molecule has 1 aromatic carbocycles. The number of imidazole rings is 1. The number of hydrogen-bond donors (Lipinski definition) is 1. The van der Waals surface area contributed by atoms with Crippen LogP contribution in [-0.2, 0) is 16.0 Å². The van der Waals surface area contributed by atoms with Crippen molar-refractivity contribution < 1.29 is 14.3 Å². The van der Waals surface area contributed by atoms with Gasteiger partial charge in [-0.3, -0.25) is 19.7 Å². The van der Waals surface area contributed by atoms with Crippen molar-refractivity contribution in [2.45, 2.75) is 77.0 Å². The predicted molar refractivity (Wildman–Crippen MR) is 183 cm³/mol. The standard InChI is InChI=1S/C37H40N8O3/c1-37(2,3)48-36(47)45-16-6-9-32(45)35-42-23-30(43-35)28-21-40-34(41-22-28)26-12-10-25(11-13-26)27-18-29(39-20-27)31-8-5-15-44(31)33(46)17-24-7-4-14-38-19-24/h4,7,10-14,19-23,31-32H,5-6,8-9,15-18H2,1-3H3,(H,42,43)/t31-,32-/m0/s1. The lowest BCUT2D eigenvalue weighted by atomic mass is 9.97. The maximum absolute atomic E-state index is 13.1. The van der Waals surface area contributed by atoms with E-state index in [1.54, 1.807) is 35.9 Å². The van der Waals surface area contributed by atoms with Crippen LogP contribution in [0.5, 0.6) is 0 Å². The Morgan fingerprint density at radius 1 is 0.875 bits per heavy atom. The Morgan fingerprint density at radius 2 is 1.60 bits per heavy atom. The first-order valence-corrected chi connectivity index (χ1v) is 16.6. The number of aliphatic imine (C=N–C) groups is 1. The molecule has 0 saturated carbocycles. The third kappa shape index (κ3) is 6.76. The number of nitrogens with one attached hydrogen (secondary N) is 1. The van der Waals surface area contributed by atoms with Gasteiger partial charge in [-0.2, -0.15) is 0 Å². The SMILES string of the molecule is CC(C)(C)OC(=O)N1CCC[C@H]1c1ncc(-c2cnc(-c3ccc(C4=CN=C([C@@H]5CCCN5C(=O)Cc5cccnc5)C4)cc3)nc2)[nH]1. The van der Waals surface area contributed by atoms with Gasteiger partial charge < -0.3 is 14.6 Å². The first-order chi connectivity index (χ1) is 23.2. The van der Waals surface area contributed by atoms with Crippen molar-refractivity contribution in [1.82, 2.24) is 34.7 Å². The summed E-state index contributed by atoms with van der Waals surface area (Å²) >= 11 is 0. The number of likely N-dealkylation sites (tertiary alicyclic amines) is 2. The van der Waals surface area contributed by atoms with Crippen LogP contribution >= 0.6 is 0 Å². The fourth-order valence-corrected chi connectivity index (χ4v) is 6.71. The largest absolute Gasteiger partial charge is 0.444 e. The Morgan fingerprint density at radius 3 is 2.33 bits per heavy atom. The lowest BCUT2D eigenvalue weighted by Gasteiger charge is -2.27. The molecule has 0 spiro atoms. The third-order valence-electron chi connectivity index (χ3n) is 9.06. The molecule has 2 amide bonds. The van der Waals surface area contributed by atoms with Crippen molar-refractivity contribution in [3.05, 3.63) is 90.5 Å². The van der Waals surface area contributed by atoms with Crippen molar-refractivity contribution in [3.8, 4) is 22.6 Å². The molecule has 246 valence electrons. The minimum absolute atomic E-state index is 0.0436. The molecule has 2 fully saturated rings. The second kappa shape index (κ2) is 13.1.